The van der Waals surface area contributed by atoms with E-state index in [1.54, 1.807) is 31.4 Å². The van der Waals surface area contributed by atoms with E-state index < -0.39 is 5.91 Å². The van der Waals surface area contributed by atoms with E-state index in [9.17, 15) is 4.79 Å². The fourth-order valence-corrected chi connectivity index (χ4v) is 0.868. The van der Waals surface area contributed by atoms with Crippen molar-refractivity contribution in [2.24, 2.45) is 0 Å². The Morgan fingerprint density at radius 1 is 1.62 bits per heavy atom. The van der Waals surface area contributed by atoms with Crippen LogP contribution in [0.25, 0.3) is 0 Å². The highest BCUT2D eigenvalue weighted by atomic mass is 16.5. The van der Waals surface area contributed by atoms with Crippen molar-refractivity contribution >= 4 is 11.6 Å². The van der Waals surface area contributed by atoms with Gasteiger partial charge in [0.25, 0.3) is 5.91 Å². The van der Waals surface area contributed by atoms with E-state index in [1.165, 1.54) is 0 Å². The fourth-order valence-electron chi connectivity index (χ4n) is 0.868. The van der Waals surface area contributed by atoms with Crippen LogP contribution in [-0.4, -0.2) is 13.0 Å². The molecule has 1 amide bonds. The predicted octanol–water partition coefficient (Wildman–Crippen LogP) is 1.27. The first-order valence-corrected chi connectivity index (χ1v) is 3.68. The zero-order valence-electron chi connectivity index (χ0n) is 7.20. The highest BCUT2D eigenvalue weighted by molar-refractivity contribution is 6.03. The lowest BCUT2D eigenvalue weighted by Crippen LogP contribution is -2.07. The maximum absolute atomic E-state index is 10.8. The molecule has 0 saturated carbocycles. The van der Waals surface area contributed by atoms with Crippen LogP contribution in [0, 0.1) is 12.3 Å². The smallest absolute Gasteiger partial charge is 0.300 e. The molecular weight excluding hydrogens is 166 g/mol. The summed E-state index contributed by atoms with van der Waals surface area (Å²) < 4.78 is 4.97. The lowest BCUT2D eigenvalue weighted by Gasteiger charge is -2.03. The first-order chi connectivity index (χ1) is 6.26. The van der Waals surface area contributed by atoms with Crippen molar-refractivity contribution in [3.63, 3.8) is 0 Å². The molecule has 1 N–H and O–H groups in total. The van der Waals surface area contributed by atoms with Crippen molar-refractivity contribution < 1.29 is 9.53 Å². The quantitative estimate of drug-likeness (QED) is 0.687. The molecule has 0 saturated heterocycles. The van der Waals surface area contributed by atoms with Crippen LogP contribution in [0.1, 0.15) is 0 Å². The number of hydrogen-bond donors (Lipinski definition) is 1. The van der Waals surface area contributed by atoms with Gasteiger partial charge in [0.1, 0.15) is 5.75 Å². The second kappa shape index (κ2) is 4.17. The van der Waals surface area contributed by atoms with Crippen molar-refractivity contribution in [1.29, 1.82) is 0 Å². The second-order valence-electron chi connectivity index (χ2n) is 2.33. The van der Waals surface area contributed by atoms with Crippen LogP contribution in [0.4, 0.5) is 5.69 Å². The van der Waals surface area contributed by atoms with E-state index in [1.807, 2.05) is 5.92 Å². The monoisotopic (exact) mass is 175 g/mol. The number of terminal acetylenes is 1. The van der Waals surface area contributed by atoms with Crippen LogP contribution in [-0.2, 0) is 4.79 Å². The van der Waals surface area contributed by atoms with E-state index in [2.05, 4.69) is 5.32 Å². The Morgan fingerprint density at radius 2 is 2.38 bits per heavy atom. The van der Waals surface area contributed by atoms with Gasteiger partial charge < -0.3 is 10.1 Å². The predicted molar refractivity (Wildman–Crippen MR) is 50.5 cm³/mol. The molecule has 0 atom stereocenters. The minimum absolute atomic E-state index is 0.465. The van der Waals surface area contributed by atoms with Gasteiger partial charge in [-0.3, -0.25) is 4.79 Å². The third-order valence-electron chi connectivity index (χ3n) is 1.46. The van der Waals surface area contributed by atoms with Crippen molar-refractivity contribution in [2.75, 3.05) is 12.4 Å². The average Bonchev–Trinajstić information content (AvgIpc) is 2.18. The lowest BCUT2D eigenvalue weighted by molar-refractivity contribution is -0.111. The Kier molecular flexibility index (Phi) is 2.93. The molecule has 0 fully saturated rings. The molecule has 1 aromatic carbocycles. The zero-order valence-corrected chi connectivity index (χ0v) is 7.20. The van der Waals surface area contributed by atoms with Crippen molar-refractivity contribution in [2.45, 2.75) is 0 Å². The van der Waals surface area contributed by atoms with Crippen molar-refractivity contribution in [1.82, 2.24) is 0 Å². The standard InChI is InChI=1S/C10H9NO2/c1-3-10(12)11-8-5-4-6-9(7-8)13-2/h1,4-7H,2H3,(H,11,12). The van der Waals surface area contributed by atoms with Crippen LogP contribution < -0.4 is 10.1 Å². The molecule has 13 heavy (non-hydrogen) atoms. The van der Waals surface area contributed by atoms with Gasteiger partial charge in [0.05, 0.1) is 7.11 Å². The van der Waals surface area contributed by atoms with E-state index in [4.69, 9.17) is 11.2 Å². The second-order valence-corrected chi connectivity index (χ2v) is 2.33. The highest BCUT2D eigenvalue weighted by Crippen LogP contribution is 2.16. The Hall–Kier alpha value is -1.95. The molecule has 0 bridgehead atoms. The first kappa shape index (κ1) is 9.14. The van der Waals surface area contributed by atoms with Gasteiger partial charge in [-0.1, -0.05) is 6.07 Å². The molecule has 0 aliphatic carbocycles. The third-order valence-corrected chi connectivity index (χ3v) is 1.46. The summed E-state index contributed by atoms with van der Waals surface area (Å²) in [6.07, 6.45) is 4.90. The molecule has 3 nitrogen and oxygen atoms in total. The summed E-state index contributed by atoms with van der Waals surface area (Å²) in [4.78, 5) is 10.8. The van der Waals surface area contributed by atoms with Crippen LogP contribution >= 0.6 is 0 Å². The number of amides is 1. The summed E-state index contributed by atoms with van der Waals surface area (Å²) in [5.74, 6) is 2.17. The Labute approximate surface area is 76.7 Å². The summed E-state index contributed by atoms with van der Waals surface area (Å²) in [5.41, 5.74) is 0.627. The fraction of sp³-hybridized carbons (Fsp3) is 0.100. The van der Waals surface area contributed by atoms with Crippen LogP contribution in [0.15, 0.2) is 24.3 Å². The van der Waals surface area contributed by atoms with Gasteiger partial charge in [-0.15, -0.1) is 6.42 Å². The average molecular weight is 175 g/mol. The molecular formula is C10H9NO2. The van der Waals surface area contributed by atoms with Gasteiger partial charge in [-0.25, -0.2) is 0 Å². The number of carbonyl (C=O) groups excluding carboxylic acids is 1. The maximum atomic E-state index is 10.8. The number of ether oxygens (including phenoxy) is 1. The van der Waals surface area contributed by atoms with E-state index >= 15 is 0 Å². The maximum Gasteiger partial charge on any atom is 0.300 e. The van der Waals surface area contributed by atoms with Gasteiger partial charge in [0.15, 0.2) is 0 Å². The zero-order chi connectivity index (χ0) is 9.68. The SMILES string of the molecule is C#CC(=O)Nc1cccc(OC)c1. The summed E-state index contributed by atoms with van der Waals surface area (Å²) in [7, 11) is 1.56. The number of rotatable bonds is 2. The van der Waals surface area contributed by atoms with Gasteiger partial charge in [-0.05, 0) is 18.1 Å². The summed E-state index contributed by atoms with van der Waals surface area (Å²) in [6.45, 7) is 0. The molecule has 0 spiro atoms. The topological polar surface area (TPSA) is 38.3 Å². The molecule has 1 rings (SSSR count). The molecule has 0 aliphatic rings. The highest BCUT2D eigenvalue weighted by Gasteiger charge is 1.98. The Morgan fingerprint density at radius 3 is 3.00 bits per heavy atom. The molecule has 3 heteroatoms. The summed E-state index contributed by atoms with van der Waals surface area (Å²) >= 11 is 0. The molecule has 1 aromatic rings. The largest absolute Gasteiger partial charge is 0.497 e. The minimum Gasteiger partial charge on any atom is -0.497 e. The van der Waals surface area contributed by atoms with Crippen LogP contribution in [0.2, 0.25) is 0 Å². The third kappa shape index (κ3) is 2.53. The summed E-state index contributed by atoms with van der Waals surface area (Å²) in [6, 6.07) is 6.98. The van der Waals surface area contributed by atoms with E-state index in [0.29, 0.717) is 11.4 Å². The van der Waals surface area contributed by atoms with E-state index in [0.717, 1.165) is 0 Å². The molecule has 0 aromatic heterocycles. The van der Waals surface area contributed by atoms with Crippen LogP contribution in [0.5, 0.6) is 5.75 Å². The van der Waals surface area contributed by atoms with Crippen LogP contribution in [0.3, 0.4) is 0 Å². The van der Waals surface area contributed by atoms with Gasteiger partial charge in [0, 0.05) is 11.8 Å². The van der Waals surface area contributed by atoms with Crippen molar-refractivity contribution in [3.05, 3.63) is 24.3 Å². The molecule has 0 heterocycles. The first-order valence-electron chi connectivity index (χ1n) is 3.68. The van der Waals surface area contributed by atoms with Gasteiger partial charge in [0.2, 0.25) is 0 Å². The van der Waals surface area contributed by atoms with Crippen molar-refractivity contribution in [3.8, 4) is 18.1 Å². The molecule has 0 radical (unpaired) electrons. The number of hydrogen-bond acceptors (Lipinski definition) is 2. The molecule has 0 unspecified atom stereocenters. The molecule has 66 valence electrons. The lowest BCUT2D eigenvalue weighted by atomic mass is 10.3. The minimum atomic E-state index is -0.465. The van der Waals surface area contributed by atoms with E-state index in [-0.39, 0.29) is 0 Å². The van der Waals surface area contributed by atoms with Gasteiger partial charge >= 0.3 is 0 Å². The number of carbonyl (C=O) groups is 1. The Balaban J connectivity index is 2.79. The molecule has 0 aliphatic heterocycles. The number of anilines is 1. The normalized spacial score (nSPS) is 8.62. The summed E-state index contributed by atoms with van der Waals surface area (Å²) in [5, 5.41) is 2.51. The number of methoxy groups -OCH3 is 1. The number of benzene rings is 1. The Bertz CT molecular complexity index is 352. The number of nitrogens with one attached hydrogen (secondary N) is 1. The van der Waals surface area contributed by atoms with Gasteiger partial charge in [-0.2, -0.15) is 0 Å².